The average molecular weight is 408 g/mol. The number of methoxy groups -OCH3 is 1. The number of hydrogen-bond acceptors (Lipinski definition) is 4. The van der Waals surface area contributed by atoms with Crippen LogP contribution >= 0.6 is 23.2 Å². The number of hydrogen-bond donors (Lipinski definition) is 1. The van der Waals surface area contributed by atoms with Crippen molar-refractivity contribution >= 4 is 29.1 Å². The molecular weight excluding hydrogens is 385 g/mol. The fourth-order valence-electron chi connectivity index (χ4n) is 3.23. The molecular formula is C20H23Cl2N3O2. The normalized spacial score (nSPS) is 15.0. The fourth-order valence-corrected chi connectivity index (χ4v) is 3.52. The summed E-state index contributed by atoms with van der Waals surface area (Å²) in [5, 5.41) is 4.33. The van der Waals surface area contributed by atoms with E-state index in [0.717, 1.165) is 38.2 Å². The summed E-state index contributed by atoms with van der Waals surface area (Å²) in [6.45, 7) is 3.12. The Morgan fingerprint density at radius 2 is 2.00 bits per heavy atom. The molecule has 0 saturated carbocycles. The van der Waals surface area contributed by atoms with Crippen molar-refractivity contribution in [3.8, 4) is 5.88 Å². The van der Waals surface area contributed by atoms with E-state index in [4.69, 9.17) is 27.9 Å². The van der Waals surface area contributed by atoms with Crippen LogP contribution < -0.4 is 10.1 Å². The summed E-state index contributed by atoms with van der Waals surface area (Å²) in [5.41, 5.74) is 1.55. The number of piperidine rings is 1. The molecule has 2 heterocycles. The molecule has 5 nitrogen and oxygen atoms in total. The summed E-state index contributed by atoms with van der Waals surface area (Å²) in [6.07, 6.45) is 1.96. The van der Waals surface area contributed by atoms with Gasteiger partial charge < -0.3 is 15.0 Å². The predicted molar refractivity (Wildman–Crippen MR) is 108 cm³/mol. The van der Waals surface area contributed by atoms with Crippen LogP contribution in [-0.4, -0.2) is 42.5 Å². The van der Waals surface area contributed by atoms with Crippen LogP contribution in [0.4, 0.5) is 0 Å². The third-order valence-electron chi connectivity index (χ3n) is 4.80. The molecule has 0 unspecified atom stereocenters. The molecule has 0 atom stereocenters. The molecule has 3 rings (SSSR count). The number of halogens is 2. The highest BCUT2D eigenvalue weighted by Gasteiger charge is 2.23. The summed E-state index contributed by atoms with van der Waals surface area (Å²) in [6, 6.07) is 10.8. The van der Waals surface area contributed by atoms with Gasteiger partial charge in [-0.1, -0.05) is 29.3 Å². The van der Waals surface area contributed by atoms with Crippen molar-refractivity contribution < 1.29 is 9.53 Å². The van der Waals surface area contributed by atoms with Gasteiger partial charge in [0.2, 0.25) is 5.88 Å². The van der Waals surface area contributed by atoms with Crippen LogP contribution in [0.5, 0.6) is 5.88 Å². The third-order valence-corrected chi connectivity index (χ3v) is 5.54. The minimum absolute atomic E-state index is 0.0144. The van der Waals surface area contributed by atoms with E-state index < -0.39 is 0 Å². The number of rotatable bonds is 6. The van der Waals surface area contributed by atoms with Gasteiger partial charge in [-0.2, -0.15) is 0 Å². The van der Waals surface area contributed by atoms with Crippen LogP contribution in [0.25, 0.3) is 0 Å². The lowest BCUT2D eigenvalue weighted by Gasteiger charge is -2.32. The van der Waals surface area contributed by atoms with Crippen molar-refractivity contribution in [3.05, 3.63) is 57.7 Å². The van der Waals surface area contributed by atoms with E-state index in [9.17, 15) is 4.79 Å². The van der Waals surface area contributed by atoms with E-state index in [1.807, 2.05) is 23.1 Å². The molecule has 1 N–H and O–H groups in total. The number of amides is 1. The quantitative estimate of drug-likeness (QED) is 0.784. The fraction of sp³-hybridized carbons (Fsp3) is 0.400. The Labute approximate surface area is 169 Å². The van der Waals surface area contributed by atoms with E-state index in [1.165, 1.54) is 0 Å². The lowest BCUT2D eigenvalue weighted by molar-refractivity contribution is 0.0690. The van der Waals surface area contributed by atoms with Gasteiger partial charge in [0, 0.05) is 31.3 Å². The maximum Gasteiger partial charge on any atom is 0.253 e. The maximum atomic E-state index is 12.6. The van der Waals surface area contributed by atoms with Gasteiger partial charge in [-0.05, 0) is 49.6 Å². The van der Waals surface area contributed by atoms with Gasteiger partial charge >= 0.3 is 0 Å². The van der Waals surface area contributed by atoms with Crippen LogP contribution in [0.1, 0.15) is 28.9 Å². The van der Waals surface area contributed by atoms with Crippen molar-refractivity contribution in [1.82, 2.24) is 15.2 Å². The number of carbonyl (C=O) groups is 1. The summed E-state index contributed by atoms with van der Waals surface area (Å²) in [7, 11) is 1.62. The number of nitrogens with one attached hydrogen (secondary N) is 1. The smallest absolute Gasteiger partial charge is 0.253 e. The molecule has 1 fully saturated rings. The Balaban J connectivity index is 1.44. The van der Waals surface area contributed by atoms with Gasteiger partial charge in [-0.3, -0.25) is 4.79 Å². The van der Waals surface area contributed by atoms with Gasteiger partial charge in [0.15, 0.2) is 0 Å². The minimum Gasteiger partial charge on any atom is -0.481 e. The molecule has 1 aromatic heterocycles. The molecule has 144 valence electrons. The lowest BCUT2D eigenvalue weighted by Crippen LogP contribution is -2.40. The topological polar surface area (TPSA) is 54.5 Å². The molecule has 1 aliphatic rings. The molecule has 7 heteroatoms. The largest absolute Gasteiger partial charge is 0.481 e. The summed E-state index contributed by atoms with van der Waals surface area (Å²) >= 11 is 11.9. The van der Waals surface area contributed by atoms with E-state index in [-0.39, 0.29) is 5.91 Å². The molecule has 0 bridgehead atoms. The van der Waals surface area contributed by atoms with Crippen molar-refractivity contribution in [2.45, 2.75) is 19.4 Å². The van der Waals surface area contributed by atoms with Crippen LogP contribution in [-0.2, 0) is 6.54 Å². The van der Waals surface area contributed by atoms with E-state index in [0.29, 0.717) is 34.0 Å². The number of likely N-dealkylation sites (tertiary alicyclic amines) is 1. The van der Waals surface area contributed by atoms with E-state index in [2.05, 4.69) is 10.3 Å². The van der Waals surface area contributed by atoms with Crippen LogP contribution in [0.2, 0.25) is 10.0 Å². The van der Waals surface area contributed by atoms with Crippen molar-refractivity contribution in [3.63, 3.8) is 0 Å². The number of pyridine rings is 1. The number of ether oxygens (including phenoxy) is 1. The van der Waals surface area contributed by atoms with Crippen molar-refractivity contribution in [2.75, 3.05) is 26.7 Å². The summed E-state index contributed by atoms with van der Waals surface area (Å²) < 4.78 is 5.14. The van der Waals surface area contributed by atoms with Gasteiger partial charge in [0.05, 0.1) is 22.8 Å². The second-order valence-electron chi connectivity index (χ2n) is 6.67. The zero-order valence-electron chi connectivity index (χ0n) is 15.3. The first kappa shape index (κ1) is 19.9. The first-order valence-corrected chi connectivity index (χ1v) is 9.77. The molecule has 1 aliphatic heterocycles. The number of carbonyl (C=O) groups excluding carboxylic acids is 1. The maximum absolute atomic E-state index is 12.6. The highest BCUT2D eigenvalue weighted by molar-refractivity contribution is 6.42. The zero-order valence-corrected chi connectivity index (χ0v) is 16.8. The van der Waals surface area contributed by atoms with E-state index >= 15 is 0 Å². The lowest BCUT2D eigenvalue weighted by atomic mass is 9.96. The first-order valence-electron chi connectivity index (χ1n) is 9.02. The number of aromatic nitrogens is 1. The van der Waals surface area contributed by atoms with E-state index in [1.54, 1.807) is 25.3 Å². The molecule has 27 heavy (non-hydrogen) atoms. The van der Waals surface area contributed by atoms with Gasteiger partial charge in [-0.25, -0.2) is 4.98 Å². The Bertz CT molecular complexity index is 793. The molecule has 0 spiro atoms. The predicted octanol–water partition coefficient (Wildman–Crippen LogP) is 4.04. The molecule has 2 aromatic rings. The minimum atomic E-state index is 0.0144. The van der Waals surface area contributed by atoms with Gasteiger partial charge in [0.1, 0.15) is 0 Å². The Morgan fingerprint density at radius 1 is 1.22 bits per heavy atom. The Morgan fingerprint density at radius 3 is 2.70 bits per heavy atom. The standard InChI is InChI=1S/C20H23Cl2N3O2/c1-27-19-4-2-3-16(24-19)13-23-12-14-7-9-25(10-8-14)20(26)15-5-6-17(21)18(22)11-15/h2-6,11,14,23H,7-10,12-13H2,1H3. The molecule has 0 aliphatic carbocycles. The SMILES string of the molecule is COc1cccc(CNCC2CCN(C(=O)c3ccc(Cl)c(Cl)c3)CC2)n1. The second kappa shape index (κ2) is 9.40. The Hall–Kier alpha value is -1.82. The first-order chi connectivity index (χ1) is 13.1. The highest BCUT2D eigenvalue weighted by Crippen LogP contribution is 2.25. The molecule has 0 radical (unpaired) electrons. The third kappa shape index (κ3) is 5.34. The van der Waals surface area contributed by atoms with Gasteiger partial charge in [0.25, 0.3) is 5.91 Å². The van der Waals surface area contributed by atoms with Gasteiger partial charge in [-0.15, -0.1) is 0 Å². The summed E-state index contributed by atoms with van der Waals surface area (Å²) in [5.74, 6) is 1.19. The Kier molecular flexibility index (Phi) is 6.94. The van der Waals surface area contributed by atoms with Crippen molar-refractivity contribution in [1.29, 1.82) is 0 Å². The number of benzene rings is 1. The average Bonchev–Trinajstić information content (AvgIpc) is 2.70. The van der Waals surface area contributed by atoms with Crippen LogP contribution in [0, 0.1) is 5.92 Å². The highest BCUT2D eigenvalue weighted by atomic mass is 35.5. The molecule has 1 aromatic carbocycles. The van der Waals surface area contributed by atoms with Crippen LogP contribution in [0.15, 0.2) is 36.4 Å². The van der Waals surface area contributed by atoms with Crippen LogP contribution in [0.3, 0.4) is 0 Å². The zero-order chi connectivity index (χ0) is 19.2. The summed E-state index contributed by atoms with van der Waals surface area (Å²) in [4.78, 5) is 18.9. The molecule has 1 saturated heterocycles. The molecule has 1 amide bonds. The van der Waals surface area contributed by atoms with Crippen molar-refractivity contribution in [2.24, 2.45) is 5.92 Å². The monoisotopic (exact) mass is 407 g/mol. The second-order valence-corrected chi connectivity index (χ2v) is 7.48. The number of nitrogens with zero attached hydrogens (tertiary/aromatic N) is 2.